The molecule has 2 aromatic rings. The molecule has 0 saturated carbocycles. The molecule has 0 spiro atoms. The first-order valence-corrected chi connectivity index (χ1v) is 14.2. The van der Waals surface area contributed by atoms with E-state index in [1.165, 1.54) is 0 Å². The van der Waals surface area contributed by atoms with Gasteiger partial charge in [-0.15, -0.1) is 0 Å². The maximum Gasteiger partial charge on any atom is 0.322 e. The largest absolute Gasteiger partial charge is 0.480 e. The number of carboxylic acids is 2. The summed E-state index contributed by atoms with van der Waals surface area (Å²) in [7, 11) is 1.70. The number of nitrogens with one attached hydrogen (secondary N) is 2. The van der Waals surface area contributed by atoms with Gasteiger partial charge in [0.15, 0.2) is 0 Å². The Morgan fingerprint density at radius 1 is 0.850 bits per heavy atom. The second-order valence-electron chi connectivity index (χ2n) is 7.81. The normalized spacial score (nSPS) is 11.7. The molecular formula is C24H29N5O8S3. The van der Waals surface area contributed by atoms with Crippen LogP contribution in [0.5, 0.6) is 0 Å². The van der Waals surface area contributed by atoms with Crippen molar-refractivity contribution in [1.82, 2.24) is 10.6 Å². The van der Waals surface area contributed by atoms with E-state index in [1.54, 1.807) is 48.5 Å². The van der Waals surface area contributed by atoms with Gasteiger partial charge in [-0.3, -0.25) is 28.8 Å². The second-order valence-corrected chi connectivity index (χ2v) is 10.3. The predicted molar refractivity (Wildman–Crippen MR) is 157 cm³/mol. The molecule has 0 unspecified atom stereocenters. The van der Waals surface area contributed by atoms with Crippen molar-refractivity contribution in [2.24, 2.45) is 5.73 Å². The van der Waals surface area contributed by atoms with Crippen molar-refractivity contribution in [1.29, 1.82) is 0 Å². The lowest BCUT2D eigenvalue weighted by Gasteiger charge is -2.16. The molecule has 0 aromatic heterocycles. The molecule has 0 saturated heterocycles. The molecule has 0 fully saturated rings. The third-order valence-corrected chi connectivity index (χ3v) is 7.15. The second kappa shape index (κ2) is 17.8. The van der Waals surface area contributed by atoms with Gasteiger partial charge in [0.2, 0.25) is 22.0 Å². The molecule has 216 valence electrons. The molecule has 2 rings (SSSR count). The number of carboxylic acid groups (broad SMARTS) is 2. The summed E-state index contributed by atoms with van der Waals surface area (Å²) in [5.74, 6) is -3.70. The Balaban J connectivity index is 0.000000400. The van der Waals surface area contributed by atoms with Gasteiger partial charge in [0.05, 0.1) is 11.1 Å². The Morgan fingerprint density at radius 2 is 1.32 bits per heavy atom. The average Bonchev–Trinajstić information content (AvgIpc) is 2.92. The minimum absolute atomic E-state index is 0.0256. The lowest BCUT2D eigenvalue weighted by molar-refractivity contribution is -0.139. The van der Waals surface area contributed by atoms with Crippen LogP contribution < -0.4 is 27.8 Å². The Kier molecular flexibility index (Phi) is 15.2. The molecule has 10 N–H and O–H groups in total. The third-order valence-electron chi connectivity index (χ3n) is 4.80. The number of hydrogen-bond donors (Lipinski definition) is 8. The third kappa shape index (κ3) is 12.4. The molecule has 0 aliphatic carbocycles. The highest BCUT2D eigenvalue weighted by Crippen LogP contribution is 2.32. The van der Waals surface area contributed by atoms with E-state index >= 15 is 0 Å². The van der Waals surface area contributed by atoms with E-state index < -0.39 is 42.4 Å². The summed E-state index contributed by atoms with van der Waals surface area (Å²) in [6, 6.07) is 11.4. The lowest BCUT2D eigenvalue weighted by atomic mass is 10.1. The fraction of sp³-hybridized carbons (Fsp3) is 0.250. The maximum atomic E-state index is 12.0. The van der Waals surface area contributed by atoms with Gasteiger partial charge in [0.25, 0.3) is 0 Å². The molecule has 2 atom stereocenters. The van der Waals surface area contributed by atoms with Crippen LogP contribution in [0, 0.1) is 0 Å². The average molecular weight is 612 g/mol. The summed E-state index contributed by atoms with van der Waals surface area (Å²) in [5, 5.41) is 20.9. The molecule has 0 bridgehead atoms. The zero-order valence-corrected chi connectivity index (χ0v) is 23.5. The highest BCUT2D eigenvalue weighted by molar-refractivity contribution is 8.87. The number of carbonyl (C=O) groups is 6. The standard InChI is InChI=1S/C14H12N2O2S2.C10H17N3O6S/c15-11-7-3-1-5-9(11)13(17)19-20-14(18)10-6-2-4-8-12(10)16;11-5(10(18)19)1-2-7(14)13-6(4-20)9(17)12-3-8(15)16/h1-8H,15-16H2;5-6,20H,1-4,11H2,(H,12,17)(H,13,14)(H,15,16)(H,18,19)/t;5-,6-/m.0/s1. The number of nitrogens with two attached hydrogens (primary N) is 3. The van der Waals surface area contributed by atoms with Crippen LogP contribution in [0.3, 0.4) is 0 Å². The van der Waals surface area contributed by atoms with Crippen LogP contribution in [-0.4, -0.2) is 68.6 Å². The van der Waals surface area contributed by atoms with E-state index in [1.807, 2.05) is 0 Å². The minimum atomic E-state index is -1.22. The van der Waals surface area contributed by atoms with Gasteiger partial charge in [-0.05, 0) is 52.3 Å². The van der Waals surface area contributed by atoms with E-state index in [2.05, 4.69) is 23.3 Å². The van der Waals surface area contributed by atoms with Crippen molar-refractivity contribution >= 4 is 79.6 Å². The van der Waals surface area contributed by atoms with Crippen molar-refractivity contribution in [2.75, 3.05) is 23.8 Å². The Morgan fingerprint density at radius 3 is 1.73 bits per heavy atom. The Hall–Kier alpha value is -3.73. The Bertz CT molecular complexity index is 1170. The summed E-state index contributed by atoms with van der Waals surface area (Å²) < 4.78 is 0. The molecule has 40 heavy (non-hydrogen) atoms. The first kappa shape index (κ1) is 34.3. The van der Waals surface area contributed by atoms with Crippen LogP contribution in [-0.2, 0) is 19.2 Å². The first-order chi connectivity index (χ1) is 18.9. The molecule has 0 radical (unpaired) electrons. The minimum Gasteiger partial charge on any atom is -0.480 e. The number of carbonyl (C=O) groups excluding carboxylic acids is 4. The molecule has 0 aliphatic heterocycles. The summed E-state index contributed by atoms with van der Waals surface area (Å²) in [6.45, 7) is -0.567. The monoisotopic (exact) mass is 611 g/mol. The molecule has 13 nitrogen and oxygen atoms in total. The number of rotatable bonds is 11. The van der Waals surface area contributed by atoms with Crippen LogP contribution in [0.15, 0.2) is 48.5 Å². The first-order valence-electron chi connectivity index (χ1n) is 11.4. The zero-order chi connectivity index (χ0) is 30.2. The number of amides is 2. The van der Waals surface area contributed by atoms with Crippen molar-refractivity contribution < 1.29 is 39.0 Å². The van der Waals surface area contributed by atoms with Crippen LogP contribution >= 0.6 is 34.2 Å². The quantitative estimate of drug-likeness (QED) is 0.101. The van der Waals surface area contributed by atoms with Crippen LogP contribution in [0.2, 0.25) is 0 Å². The predicted octanol–water partition coefficient (Wildman–Crippen LogP) is 1.01. The Labute approximate surface area is 242 Å². The highest BCUT2D eigenvalue weighted by Gasteiger charge is 2.21. The number of benzene rings is 2. The van der Waals surface area contributed by atoms with E-state index in [-0.39, 0.29) is 28.8 Å². The molecular weight excluding hydrogens is 582 g/mol. The molecule has 0 aliphatic rings. The molecule has 16 heteroatoms. The van der Waals surface area contributed by atoms with Gasteiger partial charge < -0.3 is 38.0 Å². The fourth-order valence-corrected chi connectivity index (χ4v) is 4.64. The van der Waals surface area contributed by atoms with E-state index in [9.17, 15) is 28.8 Å². The summed E-state index contributed by atoms with van der Waals surface area (Å²) >= 11 is 3.87. The van der Waals surface area contributed by atoms with E-state index in [4.69, 9.17) is 27.4 Å². The maximum absolute atomic E-state index is 12.0. The number of nitrogen functional groups attached to an aromatic ring is 2. The van der Waals surface area contributed by atoms with Crippen molar-refractivity contribution in [2.45, 2.75) is 24.9 Å². The van der Waals surface area contributed by atoms with Gasteiger partial charge in [-0.1, -0.05) is 24.3 Å². The van der Waals surface area contributed by atoms with E-state index in [0.29, 0.717) is 22.5 Å². The number of anilines is 2. The lowest BCUT2D eigenvalue weighted by Crippen LogP contribution is -2.49. The number of para-hydroxylation sites is 2. The topological polar surface area (TPSA) is 245 Å². The van der Waals surface area contributed by atoms with Crippen molar-refractivity contribution in [3.8, 4) is 0 Å². The number of hydrogen-bond acceptors (Lipinski definition) is 12. The summed E-state index contributed by atoms with van der Waals surface area (Å²) in [5.41, 5.74) is 18.3. The van der Waals surface area contributed by atoms with Gasteiger partial charge in [0.1, 0.15) is 18.6 Å². The number of aliphatic carboxylic acids is 2. The smallest absolute Gasteiger partial charge is 0.322 e. The van der Waals surface area contributed by atoms with Gasteiger partial charge in [0, 0.05) is 23.5 Å². The molecule has 2 aromatic carbocycles. The summed E-state index contributed by atoms with van der Waals surface area (Å²) in [4.78, 5) is 67.7. The highest BCUT2D eigenvalue weighted by atomic mass is 33.1. The fourth-order valence-electron chi connectivity index (χ4n) is 2.69. The van der Waals surface area contributed by atoms with Crippen LogP contribution in [0.25, 0.3) is 0 Å². The van der Waals surface area contributed by atoms with E-state index in [0.717, 1.165) is 21.6 Å². The van der Waals surface area contributed by atoms with Crippen molar-refractivity contribution in [3.05, 3.63) is 59.7 Å². The van der Waals surface area contributed by atoms with Gasteiger partial charge in [-0.2, -0.15) is 12.6 Å². The zero-order valence-electron chi connectivity index (χ0n) is 20.9. The SMILES string of the molecule is N[C@@H](CCC(=O)N[C@@H](CS)C(=O)NCC(=O)O)C(=O)O.Nc1ccccc1C(=O)SSC(=O)c1ccccc1N. The molecule has 0 heterocycles. The molecule has 2 amide bonds. The van der Waals surface area contributed by atoms with Crippen LogP contribution in [0.1, 0.15) is 33.6 Å². The number of thiol groups is 1. The van der Waals surface area contributed by atoms with Crippen molar-refractivity contribution in [3.63, 3.8) is 0 Å². The van der Waals surface area contributed by atoms with Crippen LogP contribution in [0.4, 0.5) is 11.4 Å². The van der Waals surface area contributed by atoms with Gasteiger partial charge >= 0.3 is 11.9 Å². The summed E-state index contributed by atoms with van der Waals surface area (Å²) in [6.07, 6.45) is -0.235. The van der Waals surface area contributed by atoms with Gasteiger partial charge in [-0.25, -0.2) is 0 Å².